The normalized spacial score (nSPS) is 20.4. The zero-order valence-corrected chi connectivity index (χ0v) is 10.7. The lowest BCUT2D eigenvalue weighted by atomic mass is 9.94. The molecular formula is C14H14ClNO2. The van der Waals surface area contributed by atoms with Gasteiger partial charge < -0.3 is 0 Å². The van der Waals surface area contributed by atoms with E-state index in [1.54, 1.807) is 18.2 Å². The van der Waals surface area contributed by atoms with E-state index in [4.69, 9.17) is 11.6 Å². The van der Waals surface area contributed by atoms with Gasteiger partial charge in [-0.3, -0.25) is 14.5 Å². The largest absolute Gasteiger partial charge is 0.271 e. The summed E-state index contributed by atoms with van der Waals surface area (Å²) in [6.07, 6.45) is 5.21. The minimum atomic E-state index is -0.215. The van der Waals surface area contributed by atoms with E-state index in [0.29, 0.717) is 16.1 Å². The zero-order chi connectivity index (χ0) is 12.7. The average molecular weight is 264 g/mol. The van der Waals surface area contributed by atoms with Gasteiger partial charge in [0.15, 0.2) is 0 Å². The molecule has 0 spiro atoms. The summed E-state index contributed by atoms with van der Waals surface area (Å²) < 4.78 is 0. The van der Waals surface area contributed by atoms with Crippen LogP contribution in [0.15, 0.2) is 18.2 Å². The quantitative estimate of drug-likeness (QED) is 0.729. The van der Waals surface area contributed by atoms with Crippen molar-refractivity contribution in [3.8, 4) is 0 Å². The number of hydrogen-bond acceptors (Lipinski definition) is 2. The monoisotopic (exact) mass is 263 g/mol. The van der Waals surface area contributed by atoms with Crippen molar-refractivity contribution < 1.29 is 9.59 Å². The van der Waals surface area contributed by atoms with E-state index in [2.05, 4.69) is 0 Å². The number of amides is 2. The molecule has 1 saturated carbocycles. The van der Waals surface area contributed by atoms with Crippen LogP contribution in [0.3, 0.4) is 0 Å². The number of rotatable bonds is 1. The van der Waals surface area contributed by atoms with Gasteiger partial charge in [0.2, 0.25) is 0 Å². The third kappa shape index (κ3) is 1.65. The van der Waals surface area contributed by atoms with Crippen molar-refractivity contribution in [1.82, 2.24) is 4.90 Å². The molecule has 2 amide bonds. The van der Waals surface area contributed by atoms with E-state index in [0.717, 1.165) is 25.7 Å². The molecule has 1 aliphatic heterocycles. The van der Waals surface area contributed by atoms with Gasteiger partial charge in [-0.05, 0) is 25.0 Å². The lowest BCUT2D eigenvalue weighted by molar-refractivity contribution is 0.0549. The maximum absolute atomic E-state index is 12.3. The minimum Gasteiger partial charge on any atom is -0.271 e. The summed E-state index contributed by atoms with van der Waals surface area (Å²) in [5.74, 6) is -0.392. The van der Waals surface area contributed by atoms with E-state index in [1.807, 2.05) is 0 Å². The summed E-state index contributed by atoms with van der Waals surface area (Å²) in [6.45, 7) is 0. The molecule has 2 aliphatic rings. The van der Waals surface area contributed by atoms with Crippen molar-refractivity contribution in [3.63, 3.8) is 0 Å². The number of hydrogen-bond donors (Lipinski definition) is 0. The summed E-state index contributed by atoms with van der Waals surface area (Å²) in [7, 11) is 0. The molecular weight excluding hydrogens is 250 g/mol. The Morgan fingerprint density at radius 1 is 1.06 bits per heavy atom. The highest BCUT2D eigenvalue weighted by Gasteiger charge is 2.41. The number of halogens is 1. The number of carbonyl (C=O) groups excluding carboxylic acids is 2. The van der Waals surface area contributed by atoms with Crippen LogP contribution >= 0.6 is 11.6 Å². The average Bonchev–Trinajstić information content (AvgIpc) is 2.64. The Kier molecular flexibility index (Phi) is 2.86. The summed E-state index contributed by atoms with van der Waals surface area (Å²) >= 11 is 6.03. The van der Waals surface area contributed by atoms with Crippen LogP contribution in [0.4, 0.5) is 0 Å². The van der Waals surface area contributed by atoms with Crippen LogP contribution in [0.1, 0.15) is 52.8 Å². The van der Waals surface area contributed by atoms with Crippen LogP contribution in [0.2, 0.25) is 5.02 Å². The highest BCUT2D eigenvalue weighted by atomic mass is 35.5. The molecule has 1 fully saturated rings. The number of imide groups is 1. The maximum Gasteiger partial charge on any atom is 0.263 e. The molecule has 1 aliphatic carbocycles. The summed E-state index contributed by atoms with van der Waals surface area (Å²) in [5, 5.41) is 0.379. The molecule has 4 heteroatoms. The fraction of sp³-hybridized carbons (Fsp3) is 0.429. The van der Waals surface area contributed by atoms with Crippen molar-refractivity contribution in [2.45, 2.75) is 38.1 Å². The molecule has 1 aromatic rings. The second kappa shape index (κ2) is 4.39. The van der Waals surface area contributed by atoms with E-state index >= 15 is 0 Å². The Morgan fingerprint density at radius 3 is 2.44 bits per heavy atom. The third-order valence-corrected chi connectivity index (χ3v) is 4.15. The van der Waals surface area contributed by atoms with E-state index in [9.17, 15) is 9.59 Å². The highest BCUT2D eigenvalue weighted by Crippen LogP contribution is 2.33. The number of carbonyl (C=O) groups is 2. The van der Waals surface area contributed by atoms with E-state index in [-0.39, 0.29) is 17.9 Å². The fourth-order valence-corrected chi connectivity index (χ4v) is 3.19. The highest BCUT2D eigenvalue weighted by molar-refractivity contribution is 6.37. The first-order chi connectivity index (χ1) is 8.70. The van der Waals surface area contributed by atoms with Crippen LogP contribution < -0.4 is 0 Å². The Labute approximate surface area is 111 Å². The van der Waals surface area contributed by atoms with Crippen molar-refractivity contribution in [2.75, 3.05) is 0 Å². The molecule has 0 N–H and O–H groups in total. The van der Waals surface area contributed by atoms with Gasteiger partial charge in [0.25, 0.3) is 11.8 Å². The molecule has 18 heavy (non-hydrogen) atoms. The maximum atomic E-state index is 12.3. The number of benzene rings is 1. The molecule has 3 rings (SSSR count). The zero-order valence-electron chi connectivity index (χ0n) is 9.99. The summed E-state index contributed by atoms with van der Waals surface area (Å²) in [6, 6.07) is 5.12. The smallest absolute Gasteiger partial charge is 0.263 e. The van der Waals surface area contributed by atoms with Gasteiger partial charge in [0, 0.05) is 6.04 Å². The molecule has 3 nitrogen and oxygen atoms in total. The standard InChI is InChI=1S/C14H14ClNO2/c15-11-8-4-7-10-12(11)14(18)16(13(10)17)9-5-2-1-3-6-9/h4,7-9H,1-3,5-6H2. The number of nitrogens with zero attached hydrogens (tertiary/aromatic N) is 1. The van der Waals surface area contributed by atoms with Crippen LogP contribution in [-0.2, 0) is 0 Å². The van der Waals surface area contributed by atoms with Gasteiger partial charge in [-0.25, -0.2) is 0 Å². The van der Waals surface area contributed by atoms with Crippen LogP contribution in [0.5, 0.6) is 0 Å². The predicted molar refractivity (Wildman–Crippen MR) is 68.8 cm³/mol. The van der Waals surface area contributed by atoms with Crippen molar-refractivity contribution in [2.24, 2.45) is 0 Å². The molecule has 1 heterocycles. The summed E-state index contributed by atoms with van der Waals surface area (Å²) in [4.78, 5) is 26.1. The lowest BCUT2D eigenvalue weighted by Crippen LogP contribution is -2.40. The minimum absolute atomic E-state index is 0.0576. The molecule has 0 atom stereocenters. The SMILES string of the molecule is O=C1c2cccc(Cl)c2C(=O)N1C1CCCCC1. The molecule has 0 radical (unpaired) electrons. The van der Waals surface area contributed by atoms with Gasteiger partial charge in [-0.15, -0.1) is 0 Å². The fourth-order valence-electron chi connectivity index (χ4n) is 2.93. The van der Waals surface area contributed by atoms with Gasteiger partial charge >= 0.3 is 0 Å². The Hall–Kier alpha value is -1.35. The van der Waals surface area contributed by atoms with Crippen molar-refractivity contribution >= 4 is 23.4 Å². The van der Waals surface area contributed by atoms with Gasteiger partial charge in [0.05, 0.1) is 16.1 Å². The van der Waals surface area contributed by atoms with Gasteiger partial charge in [0.1, 0.15) is 0 Å². The topological polar surface area (TPSA) is 37.4 Å². The molecule has 0 saturated heterocycles. The first-order valence-electron chi connectivity index (χ1n) is 6.36. The predicted octanol–water partition coefficient (Wildman–Crippen LogP) is 3.27. The molecule has 94 valence electrons. The van der Waals surface area contributed by atoms with Crippen LogP contribution in [0, 0.1) is 0 Å². The van der Waals surface area contributed by atoms with Crippen molar-refractivity contribution in [3.05, 3.63) is 34.3 Å². The summed E-state index contributed by atoms with van der Waals surface area (Å²) in [5.41, 5.74) is 0.841. The molecule has 0 bridgehead atoms. The molecule has 1 aromatic carbocycles. The second-order valence-corrected chi connectivity index (χ2v) is 5.34. The Balaban J connectivity index is 1.99. The van der Waals surface area contributed by atoms with E-state index < -0.39 is 0 Å². The van der Waals surface area contributed by atoms with Crippen LogP contribution in [0.25, 0.3) is 0 Å². The Morgan fingerprint density at radius 2 is 1.78 bits per heavy atom. The van der Waals surface area contributed by atoms with Crippen LogP contribution in [-0.4, -0.2) is 22.8 Å². The molecule has 0 aromatic heterocycles. The first-order valence-corrected chi connectivity index (χ1v) is 6.74. The molecule has 0 unspecified atom stereocenters. The lowest BCUT2D eigenvalue weighted by Gasteiger charge is -2.29. The first kappa shape index (κ1) is 11.7. The van der Waals surface area contributed by atoms with Gasteiger partial charge in [-0.2, -0.15) is 0 Å². The van der Waals surface area contributed by atoms with Gasteiger partial charge in [-0.1, -0.05) is 36.9 Å². The third-order valence-electron chi connectivity index (χ3n) is 3.84. The number of fused-ring (bicyclic) bond motifs is 1. The Bertz CT molecular complexity index is 521. The van der Waals surface area contributed by atoms with E-state index in [1.165, 1.54) is 11.3 Å². The second-order valence-electron chi connectivity index (χ2n) is 4.93. The van der Waals surface area contributed by atoms with Crippen molar-refractivity contribution in [1.29, 1.82) is 0 Å².